The van der Waals surface area contributed by atoms with E-state index in [4.69, 9.17) is 9.84 Å². The van der Waals surface area contributed by atoms with Crippen LogP contribution in [0.3, 0.4) is 0 Å². The van der Waals surface area contributed by atoms with Gasteiger partial charge in [-0.15, -0.1) is 5.10 Å². The molecule has 1 aromatic heterocycles. The molecule has 4 rings (SSSR count). The van der Waals surface area contributed by atoms with Gasteiger partial charge in [-0.2, -0.15) is 13.9 Å². The molecule has 10 heteroatoms. The topological polar surface area (TPSA) is 99.6 Å². The molecule has 0 bridgehead atoms. The Morgan fingerprint density at radius 3 is 2.63 bits per heavy atom. The summed E-state index contributed by atoms with van der Waals surface area (Å²) in [5, 5.41) is 25.5. The number of aliphatic hydroxyl groups excluding tert-OH is 1. The Kier molecular flexibility index (Phi) is 7.13. The molecule has 1 fully saturated rings. The largest absolute Gasteiger partial charge is 0.390 e. The molecule has 0 spiro atoms. The van der Waals surface area contributed by atoms with E-state index in [1.165, 1.54) is 18.2 Å². The molecule has 0 saturated carbocycles. The first-order valence-corrected chi connectivity index (χ1v) is 11.5. The van der Waals surface area contributed by atoms with Gasteiger partial charge in [-0.25, -0.2) is 0 Å². The summed E-state index contributed by atoms with van der Waals surface area (Å²) in [5.74, 6) is -2.93. The molecule has 2 aromatic carbocycles. The van der Waals surface area contributed by atoms with Crippen molar-refractivity contribution in [1.82, 2.24) is 15.1 Å². The van der Waals surface area contributed by atoms with Crippen molar-refractivity contribution >= 4 is 28.2 Å². The van der Waals surface area contributed by atoms with E-state index in [0.29, 0.717) is 54.6 Å². The predicted molar refractivity (Wildman–Crippen MR) is 130 cm³/mol. The van der Waals surface area contributed by atoms with E-state index in [2.05, 4.69) is 20.8 Å². The lowest BCUT2D eigenvalue weighted by molar-refractivity contribution is -0.0556. The first-order chi connectivity index (χ1) is 16.7. The van der Waals surface area contributed by atoms with E-state index >= 15 is 0 Å². The van der Waals surface area contributed by atoms with Crippen molar-refractivity contribution in [3.05, 3.63) is 58.8 Å². The molecule has 1 amide bonds. The number of morpholine rings is 1. The average Bonchev–Trinajstić information content (AvgIpc) is 2.89. The summed E-state index contributed by atoms with van der Waals surface area (Å²) >= 11 is 0. The first kappa shape index (κ1) is 24.7. The van der Waals surface area contributed by atoms with E-state index in [0.717, 1.165) is 10.8 Å². The first-order valence-electron chi connectivity index (χ1n) is 11.5. The highest BCUT2D eigenvalue weighted by Gasteiger charge is 2.31. The van der Waals surface area contributed by atoms with Crippen molar-refractivity contribution in [1.29, 1.82) is 0 Å². The number of benzene rings is 2. The standard InChI is InChI=1S/C25H29F2N5O3/c1-15(17-5-4-6-18(11-17)25(26,27)14-33)29-23-20-13-22(28-3)21(12-19(20)16(2)30-31-23)24(34)32-7-9-35-10-8-32/h4-6,11-13,15,28,33H,7-10,14H2,1-3H3,(H,29,31). The van der Waals surface area contributed by atoms with Crippen molar-refractivity contribution in [3.8, 4) is 0 Å². The van der Waals surface area contributed by atoms with Gasteiger partial charge in [0, 0.05) is 42.2 Å². The Balaban J connectivity index is 1.69. The van der Waals surface area contributed by atoms with Crippen LogP contribution in [0, 0.1) is 6.92 Å². The lowest BCUT2D eigenvalue weighted by atomic mass is 10.0. The lowest BCUT2D eigenvalue weighted by Crippen LogP contribution is -2.40. The summed E-state index contributed by atoms with van der Waals surface area (Å²) < 4.78 is 33.3. The minimum atomic E-state index is -3.32. The van der Waals surface area contributed by atoms with E-state index in [9.17, 15) is 13.6 Å². The van der Waals surface area contributed by atoms with Crippen LogP contribution in [0.5, 0.6) is 0 Å². The maximum Gasteiger partial charge on any atom is 0.295 e. The molecule has 35 heavy (non-hydrogen) atoms. The van der Waals surface area contributed by atoms with Gasteiger partial charge in [0.15, 0.2) is 5.82 Å². The van der Waals surface area contributed by atoms with Crippen molar-refractivity contribution < 1.29 is 23.4 Å². The number of aromatic nitrogens is 2. The fourth-order valence-electron chi connectivity index (χ4n) is 4.17. The predicted octanol–water partition coefficient (Wildman–Crippen LogP) is 3.71. The van der Waals surface area contributed by atoms with Crippen LogP contribution in [0.15, 0.2) is 36.4 Å². The van der Waals surface area contributed by atoms with Crippen molar-refractivity contribution in [2.45, 2.75) is 25.8 Å². The van der Waals surface area contributed by atoms with E-state index < -0.39 is 12.5 Å². The van der Waals surface area contributed by atoms with Gasteiger partial charge in [-0.1, -0.05) is 18.2 Å². The fraction of sp³-hybridized carbons (Fsp3) is 0.400. The lowest BCUT2D eigenvalue weighted by Gasteiger charge is -2.28. The van der Waals surface area contributed by atoms with Gasteiger partial charge in [0.05, 0.1) is 30.5 Å². The minimum absolute atomic E-state index is 0.0831. The second kappa shape index (κ2) is 10.1. The summed E-state index contributed by atoms with van der Waals surface area (Å²) in [6, 6.07) is 9.23. The van der Waals surface area contributed by atoms with Crippen LogP contribution in [-0.2, 0) is 10.7 Å². The number of nitrogens with zero attached hydrogens (tertiary/aromatic N) is 3. The number of rotatable bonds is 7. The Hall–Kier alpha value is -3.37. The third-order valence-electron chi connectivity index (χ3n) is 6.26. The molecule has 3 N–H and O–H groups in total. The number of hydrogen-bond acceptors (Lipinski definition) is 7. The molecule has 1 unspecified atom stereocenters. The van der Waals surface area contributed by atoms with Crippen LogP contribution in [0.4, 0.5) is 20.3 Å². The Bertz CT molecular complexity index is 1230. The maximum absolute atomic E-state index is 14.0. The number of hydrogen-bond donors (Lipinski definition) is 3. The van der Waals surface area contributed by atoms with E-state index in [1.807, 2.05) is 26.0 Å². The van der Waals surface area contributed by atoms with E-state index in [1.54, 1.807) is 18.0 Å². The zero-order chi connectivity index (χ0) is 25.2. The minimum Gasteiger partial charge on any atom is -0.390 e. The highest BCUT2D eigenvalue weighted by atomic mass is 19.3. The van der Waals surface area contributed by atoms with Crippen LogP contribution in [0.25, 0.3) is 10.8 Å². The van der Waals surface area contributed by atoms with Crippen LogP contribution in [0.1, 0.15) is 40.1 Å². The molecular weight excluding hydrogens is 456 g/mol. The highest BCUT2D eigenvalue weighted by Crippen LogP contribution is 2.33. The van der Waals surface area contributed by atoms with E-state index in [-0.39, 0.29) is 17.5 Å². The van der Waals surface area contributed by atoms with Gasteiger partial charge < -0.3 is 25.4 Å². The van der Waals surface area contributed by atoms with Gasteiger partial charge >= 0.3 is 0 Å². The SMILES string of the molecule is CNc1cc2c(NC(C)c3cccc(C(F)(F)CO)c3)nnc(C)c2cc1C(=O)N1CCOCC1. The molecule has 1 atom stereocenters. The van der Waals surface area contributed by atoms with Gasteiger partial charge in [0.1, 0.15) is 6.61 Å². The Morgan fingerprint density at radius 1 is 1.20 bits per heavy atom. The molecule has 8 nitrogen and oxygen atoms in total. The average molecular weight is 486 g/mol. The molecule has 1 aliphatic rings. The molecule has 0 radical (unpaired) electrons. The second-order valence-electron chi connectivity index (χ2n) is 8.59. The second-order valence-corrected chi connectivity index (χ2v) is 8.59. The van der Waals surface area contributed by atoms with Gasteiger partial charge in [0.2, 0.25) is 0 Å². The van der Waals surface area contributed by atoms with Crippen molar-refractivity contribution in [2.75, 3.05) is 50.6 Å². The van der Waals surface area contributed by atoms with Gasteiger partial charge in [-0.05, 0) is 37.6 Å². The number of carbonyl (C=O) groups is 1. The summed E-state index contributed by atoms with van der Waals surface area (Å²) in [6.07, 6.45) is 0. The third kappa shape index (κ3) is 5.03. The van der Waals surface area contributed by atoms with Crippen LogP contribution in [-0.4, -0.2) is 66.1 Å². The Morgan fingerprint density at radius 2 is 1.94 bits per heavy atom. The molecule has 186 valence electrons. The number of alkyl halides is 2. The van der Waals surface area contributed by atoms with Crippen molar-refractivity contribution in [2.24, 2.45) is 0 Å². The van der Waals surface area contributed by atoms with Crippen LogP contribution in [0.2, 0.25) is 0 Å². The highest BCUT2D eigenvalue weighted by molar-refractivity contribution is 6.06. The summed E-state index contributed by atoms with van der Waals surface area (Å²) in [7, 11) is 1.75. The van der Waals surface area contributed by atoms with Crippen molar-refractivity contribution in [3.63, 3.8) is 0 Å². The molecule has 2 heterocycles. The zero-order valence-corrected chi connectivity index (χ0v) is 19.9. The number of fused-ring (bicyclic) bond motifs is 1. The molecule has 3 aromatic rings. The molecule has 1 saturated heterocycles. The fourth-order valence-corrected chi connectivity index (χ4v) is 4.17. The monoisotopic (exact) mass is 485 g/mol. The van der Waals surface area contributed by atoms with Crippen LogP contribution >= 0.6 is 0 Å². The number of amides is 1. The number of ether oxygens (including phenoxy) is 1. The number of anilines is 2. The number of carbonyl (C=O) groups excluding carboxylic acids is 1. The smallest absolute Gasteiger partial charge is 0.295 e. The number of halogens is 2. The number of aliphatic hydroxyl groups is 1. The summed E-state index contributed by atoms with van der Waals surface area (Å²) in [6.45, 7) is 4.49. The zero-order valence-electron chi connectivity index (χ0n) is 19.9. The summed E-state index contributed by atoms with van der Waals surface area (Å²) in [5.41, 5.74) is 2.22. The summed E-state index contributed by atoms with van der Waals surface area (Å²) in [4.78, 5) is 15.0. The van der Waals surface area contributed by atoms with Gasteiger partial charge in [0.25, 0.3) is 11.8 Å². The quantitative estimate of drug-likeness (QED) is 0.469. The number of nitrogens with one attached hydrogen (secondary N) is 2. The molecule has 0 aliphatic carbocycles. The molecule has 1 aliphatic heterocycles. The van der Waals surface area contributed by atoms with Gasteiger partial charge in [-0.3, -0.25) is 4.79 Å². The maximum atomic E-state index is 14.0. The molecular formula is C25H29F2N5O3. The normalized spacial score (nSPS) is 15.2. The third-order valence-corrected chi connectivity index (χ3v) is 6.26. The Labute approximate surface area is 202 Å². The van der Waals surface area contributed by atoms with Crippen LogP contribution < -0.4 is 10.6 Å². The number of aryl methyl sites for hydroxylation is 1.